The van der Waals surface area contributed by atoms with Crippen LogP contribution in [0.15, 0.2) is 0 Å². The van der Waals surface area contributed by atoms with Crippen LogP contribution in [0.3, 0.4) is 0 Å². The van der Waals surface area contributed by atoms with E-state index in [0.29, 0.717) is 6.04 Å². The fourth-order valence-electron chi connectivity index (χ4n) is 3.06. The molecule has 0 aromatic carbocycles. The lowest BCUT2D eigenvalue weighted by Gasteiger charge is -2.37. The van der Waals surface area contributed by atoms with Gasteiger partial charge in [0.2, 0.25) is 0 Å². The molecule has 1 heterocycles. The smallest absolute Gasteiger partial charge is 0.407 e. The first-order valence-corrected chi connectivity index (χ1v) is 8.95. The highest BCUT2D eigenvalue weighted by Crippen LogP contribution is 2.20. The molecule has 0 spiro atoms. The highest BCUT2D eigenvalue weighted by Gasteiger charge is 2.31. The molecule has 1 amide bonds. The van der Waals surface area contributed by atoms with E-state index in [1.165, 1.54) is 39.1 Å². The number of carbonyl (C=O) groups excluding carboxylic acids is 1. The summed E-state index contributed by atoms with van der Waals surface area (Å²) in [5.41, 5.74) is -0.422. The van der Waals surface area contributed by atoms with Gasteiger partial charge in [0.1, 0.15) is 5.60 Å². The molecule has 0 radical (unpaired) electrons. The van der Waals surface area contributed by atoms with E-state index in [4.69, 9.17) is 4.74 Å². The molecule has 0 bridgehead atoms. The second-order valence-corrected chi connectivity index (χ2v) is 7.96. The minimum atomic E-state index is -0.422. The average molecular weight is 326 g/mol. The largest absolute Gasteiger partial charge is 0.444 e. The maximum Gasteiger partial charge on any atom is 0.407 e. The molecule has 0 unspecified atom stereocenters. The molecule has 6 heteroatoms. The number of ether oxygens (including phenoxy) is 1. The summed E-state index contributed by atoms with van der Waals surface area (Å²) in [4.78, 5) is 16.6. The van der Waals surface area contributed by atoms with E-state index >= 15 is 0 Å². The average Bonchev–Trinajstić information content (AvgIpc) is 2.40. The van der Waals surface area contributed by atoms with Crippen LogP contribution < -0.4 is 10.6 Å². The summed E-state index contributed by atoms with van der Waals surface area (Å²) in [5.74, 6) is 0. The van der Waals surface area contributed by atoms with Crippen molar-refractivity contribution >= 4 is 6.09 Å². The zero-order chi connectivity index (χ0) is 16.9. The Morgan fingerprint density at radius 3 is 2.39 bits per heavy atom. The van der Waals surface area contributed by atoms with Gasteiger partial charge in [0, 0.05) is 38.3 Å². The van der Waals surface area contributed by atoms with E-state index in [9.17, 15) is 4.79 Å². The molecule has 134 valence electrons. The molecule has 0 aromatic heterocycles. The van der Waals surface area contributed by atoms with Crippen molar-refractivity contribution in [3.63, 3.8) is 0 Å². The topological polar surface area (TPSA) is 56.8 Å². The van der Waals surface area contributed by atoms with Crippen LogP contribution >= 0.6 is 0 Å². The first-order valence-electron chi connectivity index (χ1n) is 8.95. The maximum absolute atomic E-state index is 11.7. The fourth-order valence-corrected chi connectivity index (χ4v) is 3.06. The van der Waals surface area contributed by atoms with Crippen molar-refractivity contribution < 1.29 is 9.53 Å². The molecule has 2 rings (SSSR count). The molecule has 1 saturated carbocycles. The summed E-state index contributed by atoms with van der Waals surface area (Å²) in [7, 11) is 2.19. The van der Waals surface area contributed by atoms with Crippen LogP contribution in [0, 0.1) is 0 Å². The molecule has 1 saturated heterocycles. The number of rotatable bonds is 6. The third-order valence-corrected chi connectivity index (χ3v) is 4.54. The third-order valence-electron chi connectivity index (χ3n) is 4.54. The van der Waals surface area contributed by atoms with Crippen molar-refractivity contribution in [2.75, 3.05) is 46.3 Å². The van der Waals surface area contributed by atoms with Gasteiger partial charge < -0.3 is 25.2 Å². The Labute approximate surface area is 140 Å². The van der Waals surface area contributed by atoms with Gasteiger partial charge in [-0.15, -0.1) is 0 Å². The molecule has 1 aliphatic heterocycles. The van der Waals surface area contributed by atoms with Crippen molar-refractivity contribution in [2.45, 2.75) is 57.7 Å². The van der Waals surface area contributed by atoms with E-state index in [1.807, 2.05) is 20.8 Å². The van der Waals surface area contributed by atoms with Crippen molar-refractivity contribution in [3.05, 3.63) is 0 Å². The summed E-state index contributed by atoms with van der Waals surface area (Å²) in [6.45, 7) is 12.7. The van der Waals surface area contributed by atoms with Gasteiger partial charge >= 0.3 is 6.09 Å². The number of alkyl carbamates (subject to hydrolysis) is 1. The molecule has 23 heavy (non-hydrogen) atoms. The molecule has 1 aliphatic carbocycles. The van der Waals surface area contributed by atoms with Gasteiger partial charge in [0.15, 0.2) is 0 Å². The van der Waals surface area contributed by atoms with Gasteiger partial charge in [-0.05, 0) is 60.2 Å². The monoisotopic (exact) mass is 326 g/mol. The van der Waals surface area contributed by atoms with Crippen LogP contribution in [0.5, 0.6) is 0 Å². The summed E-state index contributed by atoms with van der Waals surface area (Å²) in [5, 5.41) is 6.52. The predicted molar refractivity (Wildman–Crippen MR) is 92.7 cm³/mol. The Hall–Kier alpha value is -0.850. The summed E-state index contributed by atoms with van der Waals surface area (Å²) >= 11 is 0. The number of piperazine rings is 1. The molecular formula is C17H34N4O2. The lowest BCUT2D eigenvalue weighted by molar-refractivity contribution is 0.0465. The number of hydrogen-bond acceptors (Lipinski definition) is 5. The van der Waals surface area contributed by atoms with Gasteiger partial charge in [-0.3, -0.25) is 0 Å². The van der Waals surface area contributed by atoms with E-state index < -0.39 is 5.60 Å². The molecule has 0 aromatic rings. The highest BCUT2D eigenvalue weighted by atomic mass is 16.6. The third kappa shape index (κ3) is 7.06. The Balaban J connectivity index is 1.46. The van der Waals surface area contributed by atoms with E-state index in [1.54, 1.807) is 0 Å². The van der Waals surface area contributed by atoms with Crippen LogP contribution in [0.25, 0.3) is 0 Å². The van der Waals surface area contributed by atoms with Crippen molar-refractivity contribution in [2.24, 2.45) is 0 Å². The highest BCUT2D eigenvalue weighted by molar-refractivity contribution is 5.68. The van der Waals surface area contributed by atoms with E-state index in [2.05, 4.69) is 27.5 Å². The number of amides is 1. The minimum Gasteiger partial charge on any atom is -0.444 e. The number of hydrogen-bond donors (Lipinski definition) is 2. The quantitative estimate of drug-likeness (QED) is 0.720. The van der Waals surface area contributed by atoms with Crippen LogP contribution in [0.4, 0.5) is 4.79 Å². The molecule has 2 aliphatic rings. The Bertz CT molecular complexity index is 369. The first-order chi connectivity index (χ1) is 10.8. The predicted octanol–water partition coefficient (Wildman–Crippen LogP) is 1.27. The van der Waals surface area contributed by atoms with Crippen molar-refractivity contribution in [1.29, 1.82) is 0 Å². The van der Waals surface area contributed by atoms with Crippen LogP contribution in [0.1, 0.15) is 40.0 Å². The number of likely N-dealkylation sites (N-methyl/N-ethyl adjacent to an activating group) is 1. The molecule has 2 fully saturated rings. The summed E-state index contributed by atoms with van der Waals surface area (Å²) in [6.07, 6.45) is 2.92. The number of carbonyl (C=O) groups is 1. The zero-order valence-corrected chi connectivity index (χ0v) is 15.2. The number of nitrogens with zero attached hydrogens (tertiary/aromatic N) is 2. The van der Waals surface area contributed by atoms with Crippen LogP contribution in [-0.2, 0) is 4.74 Å². The van der Waals surface area contributed by atoms with Gasteiger partial charge in [-0.2, -0.15) is 0 Å². The van der Waals surface area contributed by atoms with Gasteiger partial charge in [-0.1, -0.05) is 0 Å². The van der Waals surface area contributed by atoms with Gasteiger partial charge in [0.05, 0.1) is 0 Å². The zero-order valence-electron chi connectivity index (χ0n) is 15.2. The normalized spacial score (nSPS) is 26.6. The fraction of sp³-hybridized carbons (Fsp3) is 0.941. The SMILES string of the molecule is CN1CCN(CCCNC2CC(NC(=O)OC(C)(C)C)C2)CC1. The first kappa shape index (κ1) is 18.5. The Kier molecular flexibility index (Phi) is 6.68. The van der Waals surface area contributed by atoms with Crippen molar-refractivity contribution in [1.82, 2.24) is 20.4 Å². The molecule has 0 atom stereocenters. The lowest BCUT2D eigenvalue weighted by Crippen LogP contribution is -2.53. The summed E-state index contributed by atoms with van der Waals surface area (Å²) < 4.78 is 5.27. The minimum absolute atomic E-state index is 0.264. The van der Waals surface area contributed by atoms with Gasteiger partial charge in [-0.25, -0.2) is 4.79 Å². The van der Waals surface area contributed by atoms with Crippen LogP contribution in [0.2, 0.25) is 0 Å². The molecule has 6 nitrogen and oxygen atoms in total. The second kappa shape index (κ2) is 8.31. The number of nitrogens with one attached hydrogen (secondary N) is 2. The van der Waals surface area contributed by atoms with E-state index in [0.717, 1.165) is 19.4 Å². The van der Waals surface area contributed by atoms with Gasteiger partial charge in [0.25, 0.3) is 0 Å². The Morgan fingerprint density at radius 1 is 1.13 bits per heavy atom. The molecule has 2 N–H and O–H groups in total. The Morgan fingerprint density at radius 2 is 1.78 bits per heavy atom. The van der Waals surface area contributed by atoms with E-state index in [-0.39, 0.29) is 12.1 Å². The maximum atomic E-state index is 11.7. The lowest BCUT2D eigenvalue weighted by atomic mass is 9.87. The van der Waals surface area contributed by atoms with Crippen LogP contribution in [-0.4, -0.2) is 79.9 Å². The standard InChI is InChI=1S/C17H34N4O2/c1-17(2,3)23-16(22)19-15-12-14(13-15)18-6-5-7-21-10-8-20(4)9-11-21/h14-15,18H,5-13H2,1-4H3,(H,19,22). The second-order valence-electron chi connectivity index (χ2n) is 7.96. The molecular weight excluding hydrogens is 292 g/mol. The van der Waals surface area contributed by atoms with Crippen molar-refractivity contribution in [3.8, 4) is 0 Å². The summed E-state index contributed by atoms with van der Waals surface area (Å²) in [6, 6.07) is 0.808.